The van der Waals surface area contributed by atoms with Crippen LogP contribution < -0.4 is 9.80 Å². The van der Waals surface area contributed by atoms with Gasteiger partial charge in [0.2, 0.25) is 0 Å². The Morgan fingerprint density at radius 2 is 1.70 bits per heavy atom. The number of hydrogen-bond donors (Lipinski definition) is 1. The van der Waals surface area contributed by atoms with Crippen LogP contribution in [0.5, 0.6) is 0 Å². The maximum absolute atomic E-state index is 6.45. The fraction of sp³-hybridized carbons (Fsp3) is 0.250. The molecular weight excluding hydrogens is 394 g/mol. The molecule has 0 atom stereocenters. The van der Waals surface area contributed by atoms with E-state index in [-0.39, 0.29) is 0 Å². The molecule has 0 spiro atoms. The molecule has 0 saturated carbocycles. The first-order valence-electron chi connectivity index (χ1n) is 10.4. The smallest absolute Gasteiger partial charge is 0.165 e. The number of anilines is 1. The summed E-state index contributed by atoms with van der Waals surface area (Å²) < 4.78 is 1.97. The van der Waals surface area contributed by atoms with E-state index in [1.165, 1.54) is 5.56 Å². The molecule has 6 heteroatoms. The minimum Gasteiger partial charge on any atom is -0.345 e. The lowest BCUT2D eigenvalue weighted by Crippen LogP contribution is -3.13. The molecule has 1 saturated heterocycles. The highest BCUT2D eigenvalue weighted by atomic mass is 35.5. The molecular formula is C24H25ClN5+. The van der Waals surface area contributed by atoms with Gasteiger partial charge in [0.15, 0.2) is 5.65 Å². The lowest BCUT2D eigenvalue weighted by atomic mass is 10.1. The minimum atomic E-state index is 0.718. The maximum atomic E-state index is 6.45. The van der Waals surface area contributed by atoms with Gasteiger partial charge in [-0.05, 0) is 13.0 Å². The van der Waals surface area contributed by atoms with E-state index in [1.807, 2.05) is 41.9 Å². The SMILES string of the molecule is Cc1cc(N2CC[NH+](Cc3ccccc3)CC2)n2ncc(-c3ccccc3Cl)c2n1. The lowest BCUT2D eigenvalue weighted by molar-refractivity contribution is -0.914. The van der Waals surface area contributed by atoms with E-state index >= 15 is 0 Å². The Hall–Kier alpha value is -2.89. The molecule has 1 aliphatic rings. The van der Waals surface area contributed by atoms with Gasteiger partial charge in [0.1, 0.15) is 12.4 Å². The third kappa shape index (κ3) is 3.66. The zero-order valence-corrected chi connectivity index (χ0v) is 17.8. The first-order chi connectivity index (χ1) is 14.7. The van der Waals surface area contributed by atoms with Crippen molar-refractivity contribution in [2.75, 3.05) is 31.1 Å². The number of piperazine rings is 1. The minimum absolute atomic E-state index is 0.718. The van der Waals surface area contributed by atoms with Gasteiger partial charge in [0.05, 0.1) is 32.4 Å². The fourth-order valence-corrected chi connectivity index (χ4v) is 4.51. The Morgan fingerprint density at radius 1 is 0.967 bits per heavy atom. The molecule has 5 rings (SSSR count). The van der Waals surface area contributed by atoms with Gasteiger partial charge >= 0.3 is 0 Å². The van der Waals surface area contributed by atoms with Crippen LogP contribution in [0.2, 0.25) is 5.02 Å². The summed E-state index contributed by atoms with van der Waals surface area (Å²) in [7, 11) is 0. The maximum Gasteiger partial charge on any atom is 0.165 e. The number of nitrogens with zero attached hydrogens (tertiary/aromatic N) is 4. The van der Waals surface area contributed by atoms with Crippen molar-refractivity contribution in [2.45, 2.75) is 13.5 Å². The summed E-state index contributed by atoms with van der Waals surface area (Å²) in [5.41, 5.74) is 5.19. The van der Waals surface area contributed by atoms with Gasteiger partial charge in [0, 0.05) is 33.5 Å². The summed E-state index contributed by atoms with van der Waals surface area (Å²) in [6.07, 6.45) is 1.88. The van der Waals surface area contributed by atoms with Crippen molar-refractivity contribution in [2.24, 2.45) is 0 Å². The first-order valence-corrected chi connectivity index (χ1v) is 10.8. The van der Waals surface area contributed by atoms with E-state index in [0.717, 1.165) is 66.0 Å². The van der Waals surface area contributed by atoms with Crippen LogP contribution in [-0.2, 0) is 6.54 Å². The molecule has 2 aromatic carbocycles. The van der Waals surface area contributed by atoms with Crippen molar-refractivity contribution < 1.29 is 4.90 Å². The summed E-state index contributed by atoms with van der Waals surface area (Å²) in [6.45, 7) is 7.35. The second-order valence-electron chi connectivity index (χ2n) is 7.93. The second kappa shape index (κ2) is 8.09. The molecule has 0 unspecified atom stereocenters. The molecule has 0 amide bonds. The second-order valence-corrected chi connectivity index (χ2v) is 8.34. The largest absolute Gasteiger partial charge is 0.345 e. The Labute approximate surface area is 181 Å². The third-order valence-electron chi connectivity index (χ3n) is 5.84. The Morgan fingerprint density at radius 3 is 2.47 bits per heavy atom. The van der Waals surface area contributed by atoms with Crippen molar-refractivity contribution in [1.29, 1.82) is 0 Å². The molecule has 0 radical (unpaired) electrons. The molecule has 5 nitrogen and oxygen atoms in total. The van der Waals surface area contributed by atoms with Crippen molar-refractivity contribution in [3.05, 3.63) is 83.1 Å². The van der Waals surface area contributed by atoms with E-state index in [4.69, 9.17) is 16.6 Å². The highest BCUT2D eigenvalue weighted by Gasteiger charge is 2.23. The number of benzene rings is 2. The standard InChI is InChI=1S/C24H24ClN5/c1-18-15-23(29-13-11-28(12-14-29)17-19-7-3-2-4-8-19)30-24(27-18)21(16-26-30)20-9-5-6-10-22(20)25/h2-10,15-16H,11-14,17H2,1H3/p+1. The number of nitrogens with one attached hydrogen (secondary N) is 1. The van der Waals surface area contributed by atoms with E-state index < -0.39 is 0 Å². The third-order valence-corrected chi connectivity index (χ3v) is 6.17. The zero-order chi connectivity index (χ0) is 20.5. The normalized spacial score (nSPS) is 15.1. The van der Waals surface area contributed by atoms with Gasteiger partial charge in [-0.15, -0.1) is 0 Å². The number of hydrogen-bond acceptors (Lipinski definition) is 3. The van der Waals surface area contributed by atoms with E-state index in [0.29, 0.717) is 0 Å². The van der Waals surface area contributed by atoms with Crippen LogP contribution in [0.3, 0.4) is 0 Å². The van der Waals surface area contributed by atoms with Crippen molar-refractivity contribution >= 4 is 23.1 Å². The van der Waals surface area contributed by atoms with Gasteiger partial charge in [-0.25, -0.2) is 4.98 Å². The summed E-state index contributed by atoms with van der Waals surface area (Å²) in [5.74, 6) is 1.11. The van der Waals surface area contributed by atoms with E-state index in [9.17, 15) is 0 Å². The molecule has 2 aromatic heterocycles. The molecule has 0 aliphatic carbocycles. The number of aryl methyl sites for hydroxylation is 1. The van der Waals surface area contributed by atoms with E-state index in [1.54, 1.807) is 4.90 Å². The molecule has 1 N–H and O–H groups in total. The van der Waals surface area contributed by atoms with Crippen molar-refractivity contribution in [3.63, 3.8) is 0 Å². The van der Waals surface area contributed by atoms with Gasteiger partial charge in [-0.3, -0.25) is 0 Å². The quantitative estimate of drug-likeness (QED) is 0.552. The fourth-order valence-electron chi connectivity index (χ4n) is 4.27. The van der Waals surface area contributed by atoms with Gasteiger partial charge < -0.3 is 9.80 Å². The molecule has 3 heterocycles. The Kier molecular flexibility index (Phi) is 5.15. The summed E-state index contributed by atoms with van der Waals surface area (Å²) >= 11 is 6.45. The van der Waals surface area contributed by atoms with Crippen LogP contribution >= 0.6 is 11.6 Å². The van der Waals surface area contributed by atoms with Gasteiger partial charge in [-0.2, -0.15) is 9.61 Å². The van der Waals surface area contributed by atoms with Crippen LogP contribution in [0.25, 0.3) is 16.8 Å². The highest BCUT2D eigenvalue weighted by Crippen LogP contribution is 2.31. The summed E-state index contributed by atoms with van der Waals surface area (Å²) in [6, 6.07) is 20.8. The number of rotatable bonds is 4. The number of quaternary nitrogens is 1. The first kappa shape index (κ1) is 19.1. The Bertz CT molecular complexity index is 1160. The number of halogens is 1. The predicted octanol–water partition coefficient (Wildman–Crippen LogP) is 3.26. The monoisotopic (exact) mass is 418 g/mol. The van der Waals surface area contributed by atoms with Crippen LogP contribution in [-0.4, -0.2) is 40.8 Å². The number of aromatic nitrogens is 3. The van der Waals surface area contributed by atoms with Gasteiger partial charge in [0.25, 0.3) is 0 Å². The predicted molar refractivity (Wildman–Crippen MR) is 121 cm³/mol. The highest BCUT2D eigenvalue weighted by molar-refractivity contribution is 6.33. The van der Waals surface area contributed by atoms with Crippen LogP contribution in [0.15, 0.2) is 66.9 Å². The lowest BCUT2D eigenvalue weighted by Gasteiger charge is -2.33. The Balaban J connectivity index is 1.41. The van der Waals surface area contributed by atoms with Crippen molar-refractivity contribution in [3.8, 4) is 11.1 Å². The van der Waals surface area contributed by atoms with Crippen LogP contribution in [0.1, 0.15) is 11.3 Å². The molecule has 1 fully saturated rings. The molecule has 1 aliphatic heterocycles. The van der Waals surface area contributed by atoms with E-state index in [2.05, 4.69) is 46.4 Å². The molecule has 30 heavy (non-hydrogen) atoms. The summed E-state index contributed by atoms with van der Waals surface area (Å²) in [4.78, 5) is 8.84. The van der Waals surface area contributed by atoms with Crippen LogP contribution in [0.4, 0.5) is 5.82 Å². The summed E-state index contributed by atoms with van der Waals surface area (Å²) in [5, 5.41) is 5.40. The van der Waals surface area contributed by atoms with Gasteiger partial charge in [-0.1, -0.05) is 60.1 Å². The average Bonchev–Trinajstić information content (AvgIpc) is 3.18. The molecule has 0 bridgehead atoms. The topological polar surface area (TPSA) is 37.9 Å². The van der Waals surface area contributed by atoms with Crippen molar-refractivity contribution in [1.82, 2.24) is 14.6 Å². The van der Waals surface area contributed by atoms with Crippen LogP contribution in [0, 0.1) is 6.92 Å². The number of fused-ring (bicyclic) bond motifs is 1. The average molecular weight is 419 g/mol. The molecule has 4 aromatic rings. The molecule has 152 valence electrons. The zero-order valence-electron chi connectivity index (χ0n) is 17.1.